The zero-order valence-corrected chi connectivity index (χ0v) is 19.3. The van der Waals surface area contributed by atoms with E-state index in [0.29, 0.717) is 11.3 Å². The van der Waals surface area contributed by atoms with Crippen LogP contribution in [0.25, 0.3) is 0 Å². The number of hydrogen-bond donors (Lipinski definition) is 2. The van der Waals surface area contributed by atoms with Crippen molar-refractivity contribution in [2.75, 3.05) is 37.8 Å². The quantitative estimate of drug-likeness (QED) is 0.349. The fraction of sp³-hybridized carbons (Fsp3) is 0.632. The molecule has 7 heteroatoms. The number of aliphatic imine (C=N–C) groups is 1. The Morgan fingerprint density at radius 2 is 2.04 bits per heavy atom. The highest BCUT2D eigenvalue weighted by Crippen LogP contribution is 2.22. The van der Waals surface area contributed by atoms with Crippen LogP contribution in [0.2, 0.25) is 0 Å². The molecule has 0 heterocycles. The van der Waals surface area contributed by atoms with Crippen LogP contribution in [-0.2, 0) is 10.8 Å². The van der Waals surface area contributed by atoms with E-state index < -0.39 is 10.8 Å². The third-order valence-electron chi connectivity index (χ3n) is 4.78. The number of halogens is 1. The van der Waals surface area contributed by atoms with Gasteiger partial charge < -0.3 is 15.5 Å². The summed E-state index contributed by atoms with van der Waals surface area (Å²) in [6, 6.07) is 10.7. The van der Waals surface area contributed by atoms with Crippen LogP contribution in [0.1, 0.15) is 32.6 Å². The number of likely N-dealkylation sites (N-methyl/N-ethyl adjacent to an activating group) is 1. The van der Waals surface area contributed by atoms with Gasteiger partial charge in [0.15, 0.2) is 5.96 Å². The smallest absolute Gasteiger partial charge is 0.191 e. The van der Waals surface area contributed by atoms with Crippen LogP contribution in [0.3, 0.4) is 0 Å². The van der Waals surface area contributed by atoms with E-state index in [1.54, 1.807) is 7.05 Å². The van der Waals surface area contributed by atoms with Gasteiger partial charge in [0.25, 0.3) is 0 Å². The Morgan fingerprint density at radius 1 is 1.31 bits per heavy atom. The molecule has 0 saturated heterocycles. The molecule has 26 heavy (non-hydrogen) atoms. The maximum Gasteiger partial charge on any atom is 0.191 e. The van der Waals surface area contributed by atoms with Crippen LogP contribution in [0, 0.1) is 0 Å². The number of benzene rings is 1. The summed E-state index contributed by atoms with van der Waals surface area (Å²) in [5.74, 6) is 1.60. The minimum atomic E-state index is -0.691. The number of rotatable bonds is 7. The van der Waals surface area contributed by atoms with Gasteiger partial charge in [0.05, 0.1) is 0 Å². The van der Waals surface area contributed by atoms with Crippen molar-refractivity contribution < 1.29 is 4.21 Å². The zero-order valence-electron chi connectivity index (χ0n) is 16.1. The third kappa shape index (κ3) is 7.42. The second kappa shape index (κ2) is 12.5. The highest BCUT2D eigenvalue weighted by Gasteiger charge is 2.25. The summed E-state index contributed by atoms with van der Waals surface area (Å²) in [4.78, 5) is 6.57. The van der Waals surface area contributed by atoms with Gasteiger partial charge in [0, 0.05) is 60.7 Å². The first-order valence-corrected chi connectivity index (χ1v) is 10.6. The van der Waals surface area contributed by atoms with E-state index in [9.17, 15) is 4.21 Å². The molecule has 0 spiro atoms. The predicted octanol–water partition coefficient (Wildman–Crippen LogP) is 2.99. The summed E-state index contributed by atoms with van der Waals surface area (Å²) >= 11 is 0. The molecule has 3 unspecified atom stereocenters. The van der Waals surface area contributed by atoms with Gasteiger partial charge in [-0.25, -0.2) is 0 Å². The minimum Gasteiger partial charge on any atom is -0.373 e. The maximum atomic E-state index is 12.1. The van der Waals surface area contributed by atoms with Gasteiger partial charge in [0.2, 0.25) is 0 Å². The fourth-order valence-corrected chi connectivity index (χ4v) is 4.64. The van der Waals surface area contributed by atoms with E-state index >= 15 is 0 Å². The molecule has 1 aliphatic rings. The van der Waals surface area contributed by atoms with Crippen LogP contribution in [0.4, 0.5) is 5.69 Å². The van der Waals surface area contributed by atoms with Crippen LogP contribution >= 0.6 is 24.0 Å². The van der Waals surface area contributed by atoms with Crippen LogP contribution in [0.5, 0.6) is 0 Å². The topological polar surface area (TPSA) is 56.7 Å². The molecule has 0 bridgehead atoms. The van der Waals surface area contributed by atoms with Gasteiger partial charge >= 0.3 is 0 Å². The molecule has 1 aliphatic carbocycles. The summed E-state index contributed by atoms with van der Waals surface area (Å²) in [6.45, 7) is 3.73. The summed E-state index contributed by atoms with van der Waals surface area (Å²) in [6.07, 6.45) is 4.33. The lowest BCUT2D eigenvalue weighted by molar-refractivity contribution is 0.413. The monoisotopic (exact) mass is 492 g/mol. The van der Waals surface area contributed by atoms with Crippen molar-refractivity contribution in [3.63, 3.8) is 0 Å². The lowest BCUT2D eigenvalue weighted by Crippen LogP contribution is -2.48. The van der Waals surface area contributed by atoms with Gasteiger partial charge in [-0.15, -0.1) is 24.0 Å². The number of anilines is 1. The zero-order chi connectivity index (χ0) is 18.1. The molecule has 0 aromatic heterocycles. The molecular weight excluding hydrogens is 459 g/mol. The van der Waals surface area contributed by atoms with Crippen molar-refractivity contribution >= 4 is 46.4 Å². The van der Waals surface area contributed by atoms with E-state index in [0.717, 1.165) is 50.5 Å². The SMILES string of the molecule is CCS(=O)C1CCCC(NC(=NC)NCCN(C)c2ccccc2)C1.I. The lowest BCUT2D eigenvalue weighted by Gasteiger charge is -2.30. The number of nitrogens with one attached hydrogen (secondary N) is 2. The van der Waals surface area contributed by atoms with Gasteiger partial charge in [-0.1, -0.05) is 31.5 Å². The van der Waals surface area contributed by atoms with Crippen LogP contribution in [-0.4, -0.2) is 54.4 Å². The summed E-state index contributed by atoms with van der Waals surface area (Å²) in [5.41, 5.74) is 1.21. The number of guanidine groups is 1. The highest BCUT2D eigenvalue weighted by atomic mass is 127. The molecule has 3 atom stereocenters. The van der Waals surface area contributed by atoms with Crippen molar-refractivity contribution in [2.24, 2.45) is 4.99 Å². The van der Waals surface area contributed by atoms with Crippen molar-refractivity contribution in [3.05, 3.63) is 30.3 Å². The van der Waals surface area contributed by atoms with E-state index in [4.69, 9.17) is 0 Å². The third-order valence-corrected chi connectivity index (χ3v) is 6.52. The summed E-state index contributed by atoms with van der Waals surface area (Å²) in [5, 5.41) is 7.24. The van der Waals surface area contributed by atoms with Crippen LogP contribution < -0.4 is 15.5 Å². The Bertz CT molecular complexity index is 570. The molecule has 1 aromatic carbocycles. The number of para-hydroxylation sites is 1. The second-order valence-electron chi connectivity index (χ2n) is 6.56. The predicted molar refractivity (Wildman–Crippen MR) is 124 cm³/mol. The van der Waals surface area contributed by atoms with Crippen molar-refractivity contribution in [3.8, 4) is 0 Å². The molecule has 2 rings (SSSR count). The van der Waals surface area contributed by atoms with E-state index in [1.807, 2.05) is 13.0 Å². The Labute approximate surface area is 177 Å². The molecular formula is C19H33IN4OS. The first-order chi connectivity index (χ1) is 12.1. The van der Waals surface area contributed by atoms with Crippen LogP contribution in [0.15, 0.2) is 35.3 Å². The minimum absolute atomic E-state index is 0. The van der Waals surface area contributed by atoms with E-state index in [-0.39, 0.29) is 24.0 Å². The largest absolute Gasteiger partial charge is 0.373 e. The van der Waals surface area contributed by atoms with Crippen molar-refractivity contribution in [1.82, 2.24) is 10.6 Å². The van der Waals surface area contributed by atoms with E-state index in [2.05, 4.69) is 51.8 Å². The van der Waals surface area contributed by atoms with Crippen molar-refractivity contribution in [2.45, 2.75) is 43.9 Å². The van der Waals surface area contributed by atoms with Gasteiger partial charge in [-0.3, -0.25) is 9.20 Å². The molecule has 0 aliphatic heterocycles. The van der Waals surface area contributed by atoms with E-state index in [1.165, 1.54) is 5.69 Å². The Hall–Kier alpha value is -0.830. The molecule has 148 valence electrons. The summed E-state index contributed by atoms with van der Waals surface area (Å²) < 4.78 is 12.1. The molecule has 0 radical (unpaired) electrons. The number of hydrogen-bond acceptors (Lipinski definition) is 3. The number of nitrogens with zero attached hydrogens (tertiary/aromatic N) is 2. The van der Waals surface area contributed by atoms with Gasteiger partial charge in [-0.05, 0) is 31.4 Å². The Morgan fingerprint density at radius 3 is 2.69 bits per heavy atom. The standard InChI is InChI=1S/C19H32N4OS.HI/c1-4-25(24)18-12-8-9-16(15-18)22-19(20-2)21-13-14-23(3)17-10-6-5-7-11-17;/h5-7,10-11,16,18H,4,8-9,12-15H2,1-3H3,(H2,20,21,22);1H. The van der Waals surface area contributed by atoms with Gasteiger partial charge in [-0.2, -0.15) is 0 Å². The Kier molecular flexibility index (Phi) is 11.2. The highest BCUT2D eigenvalue weighted by molar-refractivity contribution is 14.0. The van der Waals surface area contributed by atoms with Gasteiger partial charge in [0.1, 0.15) is 0 Å². The molecule has 5 nitrogen and oxygen atoms in total. The molecule has 1 aromatic rings. The molecule has 2 N–H and O–H groups in total. The second-order valence-corrected chi connectivity index (χ2v) is 8.56. The molecule has 0 amide bonds. The lowest BCUT2D eigenvalue weighted by atomic mass is 9.95. The molecule has 1 saturated carbocycles. The first-order valence-electron chi connectivity index (χ1n) is 9.24. The van der Waals surface area contributed by atoms with Crippen molar-refractivity contribution in [1.29, 1.82) is 0 Å². The average molecular weight is 492 g/mol. The normalized spacial score (nSPS) is 21.4. The first kappa shape index (κ1) is 23.2. The Balaban J connectivity index is 0.00000338. The molecule has 1 fully saturated rings. The summed E-state index contributed by atoms with van der Waals surface area (Å²) in [7, 11) is 3.21. The average Bonchev–Trinajstić information content (AvgIpc) is 2.67. The maximum absolute atomic E-state index is 12.1. The fourth-order valence-electron chi connectivity index (χ4n) is 3.29.